The smallest absolute Gasteiger partial charge is 0.317 e. The highest BCUT2D eigenvalue weighted by atomic mass is 16.4. The second kappa shape index (κ2) is 3.96. The van der Waals surface area contributed by atoms with Crippen molar-refractivity contribution in [2.75, 3.05) is 13.1 Å². The van der Waals surface area contributed by atoms with E-state index in [1.54, 1.807) is 4.90 Å². The number of hydrogen-bond acceptors (Lipinski definition) is 2. The van der Waals surface area contributed by atoms with Crippen LogP contribution in [0.4, 0.5) is 4.79 Å². The third-order valence-electron chi connectivity index (χ3n) is 3.47. The van der Waals surface area contributed by atoms with Crippen molar-refractivity contribution >= 4 is 12.0 Å². The fourth-order valence-corrected chi connectivity index (χ4v) is 2.01. The quantitative estimate of drug-likeness (QED) is 0.739. The number of nitrogens with one attached hydrogen (secondary N) is 1. The Hall–Kier alpha value is -1.26. The number of carbonyl (C=O) groups is 2. The van der Waals surface area contributed by atoms with Crippen LogP contribution in [0.2, 0.25) is 0 Å². The number of carbonyl (C=O) groups excluding carboxylic acids is 1. The minimum Gasteiger partial charge on any atom is -0.481 e. The number of hydrogen-bond donors (Lipinski definition) is 2. The number of urea groups is 1. The maximum atomic E-state index is 11.8. The molecule has 1 atom stereocenters. The van der Waals surface area contributed by atoms with E-state index in [2.05, 4.69) is 5.32 Å². The predicted molar refractivity (Wildman–Crippen MR) is 58.1 cm³/mol. The van der Waals surface area contributed by atoms with Crippen LogP contribution in [-0.4, -0.2) is 40.6 Å². The van der Waals surface area contributed by atoms with Crippen molar-refractivity contribution in [3.8, 4) is 0 Å². The molecule has 90 valence electrons. The Balaban J connectivity index is 1.88. The third kappa shape index (κ3) is 2.46. The highest BCUT2D eigenvalue weighted by Crippen LogP contribution is 2.34. The molecule has 2 rings (SSSR count). The van der Waals surface area contributed by atoms with Gasteiger partial charge in [-0.25, -0.2) is 4.79 Å². The Bertz CT molecular complexity index is 312. The van der Waals surface area contributed by atoms with E-state index in [1.165, 1.54) is 0 Å². The van der Waals surface area contributed by atoms with Gasteiger partial charge in [-0.1, -0.05) is 0 Å². The number of carboxylic acids is 1. The second-order valence-corrected chi connectivity index (χ2v) is 5.11. The number of carboxylic acid groups (broad SMARTS) is 1. The first kappa shape index (κ1) is 11.2. The Kier molecular flexibility index (Phi) is 2.78. The summed E-state index contributed by atoms with van der Waals surface area (Å²) < 4.78 is 0. The van der Waals surface area contributed by atoms with Crippen molar-refractivity contribution in [3.63, 3.8) is 0 Å². The van der Waals surface area contributed by atoms with Gasteiger partial charge in [0.1, 0.15) is 0 Å². The topological polar surface area (TPSA) is 69.6 Å². The molecule has 0 aromatic rings. The molecule has 5 nitrogen and oxygen atoms in total. The number of likely N-dealkylation sites (tertiary alicyclic amines) is 1. The number of nitrogens with zero attached hydrogens (tertiary/aromatic N) is 1. The van der Waals surface area contributed by atoms with Crippen LogP contribution in [0.1, 0.15) is 32.6 Å². The average molecular weight is 226 g/mol. The second-order valence-electron chi connectivity index (χ2n) is 5.11. The standard InChI is InChI=1S/C11H18N2O3/c1-11(4-5-11)12-10(16)13-6-2-3-8(7-13)9(14)15/h8H,2-7H2,1H3,(H,12,16)(H,14,15). The largest absolute Gasteiger partial charge is 0.481 e. The van der Waals surface area contributed by atoms with Crippen molar-refractivity contribution < 1.29 is 14.7 Å². The summed E-state index contributed by atoms with van der Waals surface area (Å²) in [4.78, 5) is 24.3. The van der Waals surface area contributed by atoms with Gasteiger partial charge in [-0.15, -0.1) is 0 Å². The van der Waals surface area contributed by atoms with Gasteiger partial charge in [-0.2, -0.15) is 0 Å². The number of amides is 2. The minimum atomic E-state index is -0.796. The first-order valence-corrected chi connectivity index (χ1v) is 5.80. The molecular formula is C11H18N2O3. The van der Waals surface area contributed by atoms with Crippen LogP contribution in [0.15, 0.2) is 0 Å². The lowest BCUT2D eigenvalue weighted by atomic mass is 9.99. The molecule has 5 heteroatoms. The molecule has 2 aliphatic rings. The number of piperidine rings is 1. The first-order valence-electron chi connectivity index (χ1n) is 5.80. The summed E-state index contributed by atoms with van der Waals surface area (Å²) in [5.41, 5.74) is -0.0345. The molecule has 2 N–H and O–H groups in total. The Morgan fingerprint density at radius 2 is 2.12 bits per heavy atom. The molecule has 0 spiro atoms. The number of aliphatic carboxylic acids is 1. The summed E-state index contributed by atoms with van der Waals surface area (Å²) in [5.74, 6) is -1.19. The van der Waals surface area contributed by atoms with Crippen molar-refractivity contribution in [2.24, 2.45) is 5.92 Å². The highest BCUT2D eigenvalue weighted by molar-refractivity contribution is 5.77. The Morgan fingerprint density at radius 3 is 2.69 bits per heavy atom. The molecular weight excluding hydrogens is 208 g/mol. The number of rotatable bonds is 2. The van der Waals surface area contributed by atoms with Crippen molar-refractivity contribution in [1.82, 2.24) is 10.2 Å². The van der Waals surface area contributed by atoms with Crippen LogP contribution >= 0.6 is 0 Å². The summed E-state index contributed by atoms with van der Waals surface area (Å²) in [5, 5.41) is 11.9. The van der Waals surface area contributed by atoms with E-state index >= 15 is 0 Å². The van der Waals surface area contributed by atoms with Gasteiger partial charge in [0, 0.05) is 18.6 Å². The zero-order valence-electron chi connectivity index (χ0n) is 9.53. The Labute approximate surface area is 94.8 Å². The molecule has 0 aromatic carbocycles. The predicted octanol–water partition coefficient (Wildman–Crippen LogP) is 1.05. The lowest BCUT2D eigenvalue weighted by Gasteiger charge is -2.31. The van der Waals surface area contributed by atoms with Crippen molar-refractivity contribution in [3.05, 3.63) is 0 Å². The van der Waals surface area contributed by atoms with E-state index < -0.39 is 11.9 Å². The molecule has 1 aliphatic carbocycles. The third-order valence-corrected chi connectivity index (χ3v) is 3.47. The van der Waals surface area contributed by atoms with Gasteiger partial charge in [0.15, 0.2) is 0 Å². The molecule has 0 aromatic heterocycles. The van der Waals surface area contributed by atoms with E-state index in [9.17, 15) is 9.59 Å². The summed E-state index contributed by atoms with van der Waals surface area (Å²) in [6, 6.07) is -0.106. The van der Waals surface area contributed by atoms with Crippen LogP contribution in [0.5, 0.6) is 0 Å². The van der Waals surface area contributed by atoms with Crippen LogP contribution in [-0.2, 0) is 4.79 Å². The summed E-state index contributed by atoms with van der Waals surface area (Å²) >= 11 is 0. The van der Waals surface area contributed by atoms with E-state index in [0.29, 0.717) is 19.5 Å². The summed E-state index contributed by atoms with van der Waals surface area (Å²) in [7, 11) is 0. The summed E-state index contributed by atoms with van der Waals surface area (Å²) in [6.07, 6.45) is 3.50. The van der Waals surface area contributed by atoms with Gasteiger partial charge in [0.05, 0.1) is 5.92 Å². The molecule has 1 saturated carbocycles. The van der Waals surface area contributed by atoms with E-state index in [0.717, 1.165) is 19.3 Å². The fourth-order valence-electron chi connectivity index (χ4n) is 2.01. The average Bonchev–Trinajstić information content (AvgIpc) is 2.96. The van der Waals surface area contributed by atoms with Gasteiger partial charge in [0.25, 0.3) is 0 Å². The molecule has 2 fully saturated rings. The van der Waals surface area contributed by atoms with E-state index in [-0.39, 0.29) is 11.6 Å². The molecule has 1 unspecified atom stereocenters. The zero-order chi connectivity index (χ0) is 11.8. The molecule has 2 amide bonds. The summed E-state index contributed by atoms with van der Waals surface area (Å²) in [6.45, 7) is 3.03. The normalized spacial score (nSPS) is 27.3. The van der Waals surface area contributed by atoms with Crippen LogP contribution in [0.25, 0.3) is 0 Å². The van der Waals surface area contributed by atoms with Crippen LogP contribution in [0.3, 0.4) is 0 Å². The van der Waals surface area contributed by atoms with Crippen molar-refractivity contribution in [1.29, 1.82) is 0 Å². The molecule has 0 radical (unpaired) electrons. The van der Waals surface area contributed by atoms with Gasteiger partial charge in [-0.3, -0.25) is 4.79 Å². The molecule has 1 aliphatic heterocycles. The molecule has 0 bridgehead atoms. The lowest BCUT2D eigenvalue weighted by Crippen LogP contribution is -2.49. The van der Waals surface area contributed by atoms with E-state index in [1.807, 2.05) is 6.92 Å². The monoisotopic (exact) mass is 226 g/mol. The highest BCUT2D eigenvalue weighted by Gasteiger charge is 2.40. The first-order chi connectivity index (χ1) is 7.50. The zero-order valence-corrected chi connectivity index (χ0v) is 9.53. The Morgan fingerprint density at radius 1 is 1.44 bits per heavy atom. The van der Waals surface area contributed by atoms with Gasteiger partial charge in [0.2, 0.25) is 0 Å². The maximum absolute atomic E-state index is 11.8. The fraction of sp³-hybridized carbons (Fsp3) is 0.818. The van der Waals surface area contributed by atoms with Gasteiger partial charge >= 0.3 is 12.0 Å². The maximum Gasteiger partial charge on any atom is 0.317 e. The van der Waals surface area contributed by atoms with Crippen LogP contribution < -0.4 is 5.32 Å². The molecule has 1 heterocycles. The molecule has 1 saturated heterocycles. The van der Waals surface area contributed by atoms with E-state index in [4.69, 9.17) is 5.11 Å². The van der Waals surface area contributed by atoms with Crippen LogP contribution in [0, 0.1) is 5.92 Å². The lowest BCUT2D eigenvalue weighted by molar-refractivity contribution is -0.143. The van der Waals surface area contributed by atoms with Gasteiger partial charge in [-0.05, 0) is 32.6 Å². The van der Waals surface area contributed by atoms with Crippen molar-refractivity contribution in [2.45, 2.75) is 38.1 Å². The van der Waals surface area contributed by atoms with Gasteiger partial charge < -0.3 is 15.3 Å². The molecule has 16 heavy (non-hydrogen) atoms. The minimum absolute atomic E-state index is 0.0345. The SMILES string of the molecule is CC1(NC(=O)N2CCCC(C(=O)O)C2)CC1.